The highest BCUT2D eigenvalue weighted by molar-refractivity contribution is 6.09. The molecule has 1 aromatic carbocycles. The molecular weight excluding hydrogens is 465 g/mol. The van der Waals surface area contributed by atoms with Gasteiger partial charge in [0.1, 0.15) is 29.1 Å². The lowest BCUT2D eigenvalue weighted by Gasteiger charge is -2.36. The van der Waals surface area contributed by atoms with Crippen LogP contribution >= 0.6 is 0 Å². The number of aliphatic hydroxyl groups is 1. The van der Waals surface area contributed by atoms with Crippen molar-refractivity contribution in [2.45, 2.75) is 51.7 Å². The summed E-state index contributed by atoms with van der Waals surface area (Å²) in [5.41, 5.74) is 2.75. The van der Waals surface area contributed by atoms with E-state index in [0.29, 0.717) is 71.2 Å². The van der Waals surface area contributed by atoms with Crippen LogP contribution in [0.5, 0.6) is 5.75 Å². The van der Waals surface area contributed by atoms with E-state index < -0.39 is 18.0 Å². The van der Waals surface area contributed by atoms with Gasteiger partial charge in [0.05, 0.1) is 29.8 Å². The summed E-state index contributed by atoms with van der Waals surface area (Å²) in [6, 6.07) is 3.84. The number of nitrogens with zero attached hydrogens (tertiary/aromatic N) is 3. The van der Waals surface area contributed by atoms with E-state index in [1.54, 1.807) is 24.8 Å². The quantitative estimate of drug-likeness (QED) is 0.464. The van der Waals surface area contributed by atoms with Crippen LogP contribution < -0.4 is 10.1 Å². The van der Waals surface area contributed by atoms with Crippen molar-refractivity contribution in [2.24, 2.45) is 5.92 Å². The molecule has 2 aromatic heterocycles. The molecule has 3 heterocycles. The maximum Gasteiger partial charge on any atom is 0.255 e. The molecule has 1 aliphatic heterocycles. The maximum absolute atomic E-state index is 14.2. The van der Waals surface area contributed by atoms with E-state index in [-0.39, 0.29) is 18.4 Å². The van der Waals surface area contributed by atoms with Gasteiger partial charge in [-0.3, -0.25) is 9.59 Å². The van der Waals surface area contributed by atoms with Gasteiger partial charge in [-0.2, -0.15) is 0 Å². The van der Waals surface area contributed by atoms with Crippen molar-refractivity contribution in [1.29, 1.82) is 0 Å². The van der Waals surface area contributed by atoms with Gasteiger partial charge in [0.2, 0.25) is 5.91 Å². The number of carbonyl (C=O) groups is 2. The van der Waals surface area contributed by atoms with E-state index >= 15 is 0 Å². The molecule has 0 spiro atoms. The molecule has 10 heteroatoms. The van der Waals surface area contributed by atoms with Gasteiger partial charge in [0, 0.05) is 30.8 Å². The van der Waals surface area contributed by atoms with Gasteiger partial charge in [-0.05, 0) is 50.3 Å². The number of aryl methyl sites for hydroxylation is 1. The van der Waals surface area contributed by atoms with E-state index in [9.17, 15) is 19.1 Å². The van der Waals surface area contributed by atoms with Crippen molar-refractivity contribution in [1.82, 2.24) is 25.2 Å². The smallest absolute Gasteiger partial charge is 0.255 e. The van der Waals surface area contributed by atoms with Gasteiger partial charge in [0.25, 0.3) is 5.91 Å². The number of aromatic nitrogens is 3. The van der Waals surface area contributed by atoms with Crippen molar-refractivity contribution >= 4 is 22.8 Å². The number of β-amino-alcohol motifs (C(OH)–C–C–N with tert-alkyl or cyclic N) is 1. The minimum Gasteiger partial charge on any atom is -0.493 e. The van der Waals surface area contributed by atoms with Crippen molar-refractivity contribution in [3.05, 3.63) is 41.6 Å². The molecule has 1 aliphatic carbocycles. The number of hydrogen-bond acceptors (Lipinski definition) is 6. The lowest BCUT2D eigenvalue weighted by atomic mass is 10.0. The molecule has 1 saturated carbocycles. The number of aliphatic hydroxyl groups excluding tert-OH is 1. The first-order chi connectivity index (χ1) is 17.4. The number of rotatable bonds is 7. The Kier molecular flexibility index (Phi) is 6.61. The largest absolute Gasteiger partial charge is 0.493 e. The zero-order chi connectivity index (χ0) is 25.4. The fourth-order valence-corrected chi connectivity index (χ4v) is 4.70. The van der Waals surface area contributed by atoms with Crippen LogP contribution in [0.1, 0.15) is 48.7 Å². The van der Waals surface area contributed by atoms with E-state index in [2.05, 4.69) is 20.3 Å². The molecule has 190 valence electrons. The monoisotopic (exact) mass is 495 g/mol. The van der Waals surface area contributed by atoms with Gasteiger partial charge >= 0.3 is 0 Å². The third-order valence-electron chi connectivity index (χ3n) is 6.92. The maximum atomic E-state index is 14.2. The van der Waals surface area contributed by atoms with Crippen molar-refractivity contribution in [3.63, 3.8) is 0 Å². The van der Waals surface area contributed by atoms with Crippen LogP contribution in [0.25, 0.3) is 22.3 Å². The molecule has 2 aliphatic rings. The normalized spacial score (nSPS) is 19.9. The van der Waals surface area contributed by atoms with E-state index in [4.69, 9.17) is 4.74 Å². The average molecular weight is 496 g/mol. The van der Waals surface area contributed by atoms with Gasteiger partial charge < -0.3 is 25.0 Å². The van der Waals surface area contributed by atoms with Gasteiger partial charge in [-0.1, -0.05) is 6.92 Å². The summed E-state index contributed by atoms with van der Waals surface area (Å²) in [4.78, 5) is 38.8. The van der Waals surface area contributed by atoms with Crippen LogP contribution in [0.15, 0.2) is 24.5 Å². The summed E-state index contributed by atoms with van der Waals surface area (Å²) in [6.45, 7) is 4.76. The standard InChI is InChI=1S/C26H30FN5O4/c1-3-21(34)32-9-8-18(19(33)11-32)31-26(35)22-14(2)30-25-23(28-13-29-24(22)25)17-10-16(27)6-7-20(17)36-12-15-4-5-15/h6-7,10,13,15,18-19,30,33H,3-5,8-9,11-12H2,1-2H3,(H,31,35)/t18-,19+/m1/s1. The van der Waals surface area contributed by atoms with Crippen LogP contribution in [-0.2, 0) is 4.79 Å². The van der Waals surface area contributed by atoms with E-state index in [1.807, 2.05) is 0 Å². The van der Waals surface area contributed by atoms with Crippen LogP contribution in [-0.4, -0.2) is 68.6 Å². The number of amides is 2. The van der Waals surface area contributed by atoms with Gasteiger partial charge in [-0.25, -0.2) is 14.4 Å². The number of piperidine rings is 1. The Balaban J connectivity index is 1.42. The Labute approximate surface area is 208 Å². The minimum absolute atomic E-state index is 0.0200. The SMILES string of the molecule is CCC(=O)N1CC[C@@H](NC(=O)c2c(C)[nH]c3c(-c4cc(F)ccc4OCC4CC4)ncnc23)[C@@H](O)C1. The number of H-pyrrole nitrogens is 1. The molecular formula is C26H30FN5O4. The van der Waals surface area contributed by atoms with Crippen molar-refractivity contribution in [2.75, 3.05) is 19.7 Å². The summed E-state index contributed by atoms with van der Waals surface area (Å²) in [6.07, 6.45) is 3.56. The first-order valence-corrected chi connectivity index (χ1v) is 12.4. The predicted octanol–water partition coefficient (Wildman–Crippen LogP) is 2.96. The zero-order valence-corrected chi connectivity index (χ0v) is 20.4. The minimum atomic E-state index is -0.868. The third kappa shape index (κ3) is 4.77. The van der Waals surface area contributed by atoms with Crippen molar-refractivity contribution < 1.29 is 23.8 Å². The first kappa shape index (κ1) is 24.2. The molecule has 0 unspecified atom stereocenters. The molecule has 9 nitrogen and oxygen atoms in total. The molecule has 1 saturated heterocycles. The first-order valence-electron chi connectivity index (χ1n) is 12.4. The molecule has 5 rings (SSSR count). The lowest BCUT2D eigenvalue weighted by molar-refractivity contribution is -0.134. The topological polar surface area (TPSA) is 120 Å². The summed E-state index contributed by atoms with van der Waals surface area (Å²) in [5, 5.41) is 13.5. The Morgan fingerprint density at radius 1 is 1.28 bits per heavy atom. The molecule has 36 heavy (non-hydrogen) atoms. The Hall–Kier alpha value is -3.53. The number of aromatic amines is 1. The highest BCUT2D eigenvalue weighted by Gasteiger charge is 2.32. The molecule has 0 radical (unpaired) electrons. The summed E-state index contributed by atoms with van der Waals surface area (Å²) < 4.78 is 20.2. The molecule has 2 fully saturated rings. The van der Waals surface area contributed by atoms with Crippen LogP contribution in [0.3, 0.4) is 0 Å². The fourth-order valence-electron chi connectivity index (χ4n) is 4.70. The number of halogens is 1. The van der Waals surface area contributed by atoms with Gasteiger partial charge in [-0.15, -0.1) is 0 Å². The highest BCUT2D eigenvalue weighted by Crippen LogP contribution is 2.36. The molecule has 2 atom stereocenters. The number of carbonyl (C=O) groups excluding carboxylic acids is 2. The number of fused-ring (bicyclic) bond motifs is 1. The van der Waals surface area contributed by atoms with E-state index in [1.165, 1.54) is 18.5 Å². The van der Waals surface area contributed by atoms with Gasteiger partial charge in [0.15, 0.2) is 0 Å². The summed E-state index contributed by atoms with van der Waals surface area (Å²) >= 11 is 0. The third-order valence-corrected chi connectivity index (χ3v) is 6.92. The molecule has 0 bridgehead atoms. The Morgan fingerprint density at radius 3 is 2.81 bits per heavy atom. The average Bonchev–Trinajstić information content (AvgIpc) is 3.63. The number of ether oxygens (including phenoxy) is 1. The predicted molar refractivity (Wildman–Crippen MR) is 131 cm³/mol. The Bertz CT molecular complexity index is 1300. The zero-order valence-electron chi connectivity index (χ0n) is 20.4. The summed E-state index contributed by atoms with van der Waals surface area (Å²) in [5.74, 6) is 0.232. The lowest BCUT2D eigenvalue weighted by Crippen LogP contribution is -2.55. The molecule has 2 amide bonds. The Morgan fingerprint density at radius 2 is 2.08 bits per heavy atom. The number of benzene rings is 1. The second kappa shape index (κ2) is 9.85. The van der Waals surface area contributed by atoms with E-state index in [0.717, 1.165) is 12.8 Å². The molecule has 3 N–H and O–H groups in total. The number of hydrogen-bond donors (Lipinski definition) is 3. The fraction of sp³-hybridized carbons (Fsp3) is 0.462. The second-order valence-corrected chi connectivity index (χ2v) is 9.60. The number of nitrogens with one attached hydrogen (secondary N) is 2. The molecule has 3 aromatic rings. The number of likely N-dealkylation sites (tertiary alicyclic amines) is 1. The van der Waals surface area contributed by atoms with Crippen LogP contribution in [0, 0.1) is 18.7 Å². The second-order valence-electron chi connectivity index (χ2n) is 9.60. The summed E-state index contributed by atoms with van der Waals surface area (Å²) in [7, 11) is 0. The van der Waals surface area contributed by atoms with Crippen molar-refractivity contribution in [3.8, 4) is 17.0 Å². The highest BCUT2D eigenvalue weighted by atomic mass is 19.1. The van der Waals surface area contributed by atoms with Crippen LogP contribution in [0.4, 0.5) is 4.39 Å². The van der Waals surface area contributed by atoms with Crippen LogP contribution in [0.2, 0.25) is 0 Å².